The van der Waals surface area contributed by atoms with E-state index in [2.05, 4.69) is 18.9 Å². The second-order valence-corrected chi connectivity index (χ2v) is 4.67. The van der Waals surface area contributed by atoms with Crippen LogP contribution in [0.2, 0.25) is 0 Å². The van der Waals surface area contributed by atoms with Crippen LogP contribution in [0.4, 0.5) is 0 Å². The minimum atomic E-state index is 0.528. The van der Waals surface area contributed by atoms with Crippen LogP contribution in [0.25, 0.3) is 0 Å². The number of unbranched alkanes of at least 4 members (excludes halogenated alkanes) is 1. The van der Waals surface area contributed by atoms with E-state index < -0.39 is 0 Å². The van der Waals surface area contributed by atoms with Crippen molar-refractivity contribution in [3.05, 3.63) is 12.7 Å². The van der Waals surface area contributed by atoms with Gasteiger partial charge in [-0.15, -0.1) is 6.58 Å². The summed E-state index contributed by atoms with van der Waals surface area (Å²) in [5.41, 5.74) is 2.99. The first-order valence-corrected chi connectivity index (χ1v) is 5.85. The average molecular weight is 196 g/mol. The van der Waals surface area contributed by atoms with E-state index in [1.165, 1.54) is 32.1 Å². The summed E-state index contributed by atoms with van der Waals surface area (Å²) in [6.45, 7) is 6.09. The van der Waals surface area contributed by atoms with Gasteiger partial charge in [0.2, 0.25) is 0 Å². The summed E-state index contributed by atoms with van der Waals surface area (Å²) in [5, 5.41) is 0. The molecule has 14 heavy (non-hydrogen) atoms. The molecule has 1 rings (SSSR count). The third-order valence-corrected chi connectivity index (χ3v) is 3.44. The molecule has 3 atom stereocenters. The van der Waals surface area contributed by atoms with Crippen LogP contribution in [-0.4, -0.2) is 6.04 Å². The second-order valence-electron chi connectivity index (χ2n) is 4.67. The Balaban J connectivity index is 2.26. The Bertz CT molecular complexity index is 168. The number of hydrazine groups is 1. The van der Waals surface area contributed by atoms with Crippen LogP contribution in [0.5, 0.6) is 0 Å². The number of rotatable bonds is 6. The SMILES string of the molecule is C=CCCCC(NN)C1CCC(C)C1. The molecule has 1 saturated carbocycles. The van der Waals surface area contributed by atoms with Gasteiger partial charge >= 0.3 is 0 Å². The minimum Gasteiger partial charge on any atom is -0.271 e. The fourth-order valence-electron chi connectivity index (χ4n) is 2.55. The quantitative estimate of drug-likeness (QED) is 0.296. The highest BCUT2D eigenvalue weighted by atomic mass is 15.2. The number of nitrogens with two attached hydrogens (primary N) is 1. The number of hydrogen-bond acceptors (Lipinski definition) is 2. The molecule has 2 heteroatoms. The van der Waals surface area contributed by atoms with E-state index in [4.69, 9.17) is 5.84 Å². The van der Waals surface area contributed by atoms with Crippen LogP contribution in [0.15, 0.2) is 12.7 Å². The van der Waals surface area contributed by atoms with Gasteiger partial charge < -0.3 is 0 Å². The molecule has 1 aliphatic carbocycles. The molecule has 0 bridgehead atoms. The molecule has 2 nitrogen and oxygen atoms in total. The van der Waals surface area contributed by atoms with Gasteiger partial charge in [-0.25, -0.2) is 0 Å². The molecule has 0 aliphatic heterocycles. The van der Waals surface area contributed by atoms with Gasteiger partial charge in [-0.1, -0.05) is 19.4 Å². The number of nitrogens with one attached hydrogen (secondary N) is 1. The smallest absolute Gasteiger partial charge is 0.0239 e. The Hall–Kier alpha value is -0.340. The monoisotopic (exact) mass is 196 g/mol. The molecule has 3 unspecified atom stereocenters. The Labute approximate surface area is 87.9 Å². The predicted octanol–water partition coefficient (Wildman–Crippen LogP) is 2.61. The maximum atomic E-state index is 5.60. The largest absolute Gasteiger partial charge is 0.271 e. The van der Waals surface area contributed by atoms with Gasteiger partial charge in [0.25, 0.3) is 0 Å². The van der Waals surface area contributed by atoms with E-state index in [1.54, 1.807) is 0 Å². The van der Waals surface area contributed by atoms with Crippen molar-refractivity contribution < 1.29 is 0 Å². The molecule has 0 aromatic carbocycles. The summed E-state index contributed by atoms with van der Waals surface area (Å²) < 4.78 is 0. The van der Waals surface area contributed by atoms with E-state index in [-0.39, 0.29) is 0 Å². The van der Waals surface area contributed by atoms with E-state index in [0.717, 1.165) is 18.3 Å². The zero-order chi connectivity index (χ0) is 10.4. The van der Waals surface area contributed by atoms with Crippen LogP contribution in [0, 0.1) is 11.8 Å². The van der Waals surface area contributed by atoms with Crippen LogP contribution >= 0.6 is 0 Å². The summed E-state index contributed by atoms with van der Waals surface area (Å²) in [7, 11) is 0. The Kier molecular flexibility index (Phi) is 5.20. The first-order valence-electron chi connectivity index (χ1n) is 5.85. The van der Waals surface area contributed by atoms with Crippen molar-refractivity contribution >= 4 is 0 Å². The van der Waals surface area contributed by atoms with Crippen molar-refractivity contribution in [2.45, 2.75) is 51.5 Å². The van der Waals surface area contributed by atoms with Gasteiger partial charge in [-0.3, -0.25) is 11.3 Å². The molecule has 1 aliphatic rings. The Morgan fingerprint density at radius 3 is 2.86 bits per heavy atom. The molecule has 0 spiro atoms. The molecular formula is C12H24N2. The lowest BCUT2D eigenvalue weighted by Crippen LogP contribution is -2.40. The van der Waals surface area contributed by atoms with Crippen molar-refractivity contribution in [3.8, 4) is 0 Å². The van der Waals surface area contributed by atoms with Crippen LogP contribution in [0.3, 0.4) is 0 Å². The zero-order valence-electron chi connectivity index (χ0n) is 9.34. The van der Waals surface area contributed by atoms with Crippen LogP contribution in [0.1, 0.15) is 45.4 Å². The fraction of sp³-hybridized carbons (Fsp3) is 0.833. The van der Waals surface area contributed by atoms with Gasteiger partial charge in [0.15, 0.2) is 0 Å². The van der Waals surface area contributed by atoms with Gasteiger partial charge in [0.05, 0.1) is 0 Å². The minimum absolute atomic E-state index is 0.528. The molecule has 0 saturated heterocycles. The standard InChI is InChI=1S/C12H24N2/c1-3-4-5-6-12(14-13)11-8-7-10(2)9-11/h3,10-12,14H,1,4-9,13H2,2H3. The van der Waals surface area contributed by atoms with Crippen molar-refractivity contribution in [2.24, 2.45) is 17.7 Å². The summed E-state index contributed by atoms with van der Waals surface area (Å²) in [6.07, 6.45) is 9.59. The highest BCUT2D eigenvalue weighted by molar-refractivity contribution is 4.82. The van der Waals surface area contributed by atoms with E-state index >= 15 is 0 Å². The lowest BCUT2D eigenvalue weighted by molar-refractivity contribution is 0.332. The van der Waals surface area contributed by atoms with Gasteiger partial charge in [-0.2, -0.15) is 0 Å². The predicted molar refractivity (Wildman–Crippen MR) is 61.7 cm³/mol. The molecule has 0 amide bonds. The molecular weight excluding hydrogens is 172 g/mol. The number of allylic oxidation sites excluding steroid dienone is 1. The van der Waals surface area contributed by atoms with Crippen molar-refractivity contribution in [1.29, 1.82) is 0 Å². The maximum absolute atomic E-state index is 5.60. The van der Waals surface area contributed by atoms with E-state index in [0.29, 0.717) is 6.04 Å². The summed E-state index contributed by atoms with van der Waals surface area (Å²) in [5.74, 6) is 7.31. The maximum Gasteiger partial charge on any atom is 0.0239 e. The highest BCUT2D eigenvalue weighted by Gasteiger charge is 2.27. The van der Waals surface area contributed by atoms with Gasteiger partial charge in [0.1, 0.15) is 0 Å². The van der Waals surface area contributed by atoms with Crippen molar-refractivity contribution in [1.82, 2.24) is 5.43 Å². The molecule has 0 heterocycles. The molecule has 0 aromatic rings. The second kappa shape index (κ2) is 6.20. The molecule has 0 radical (unpaired) electrons. The van der Waals surface area contributed by atoms with Crippen molar-refractivity contribution in [2.75, 3.05) is 0 Å². The summed E-state index contributed by atoms with van der Waals surface area (Å²) in [6, 6.07) is 0.528. The Morgan fingerprint density at radius 1 is 1.57 bits per heavy atom. The lowest BCUT2D eigenvalue weighted by Gasteiger charge is -2.22. The first-order chi connectivity index (χ1) is 6.77. The lowest BCUT2D eigenvalue weighted by atomic mass is 9.93. The normalized spacial score (nSPS) is 29.0. The number of hydrogen-bond donors (Lipinski definition) is 2. The van der Waals surface area contributed by atoms with Crippen LogP contribution in [-0.2, 0) is 0 Å². The average Bonchev–Trinajstić information content (AvgIpc) is 2.60. The molecule has 82 valence electrons. The topological polar surface area (TPSA) is 38.0 Å². The van der Waals surface area contributed by atoms with Crippen molar-refractivity contribution in [3.63, 3.8) is 0 Å². The third-order valence-electron chi connectivity index (χ3n) is 3.44. The summed E-state index contributed by atoms with van der Waals surface area (Å²) >= 11 is 0. The molecule has 0 aromatic heterocycles. The first kappa shape index (κ1) is 11.7. The highest BCUT2D eigenvalue weighted by Crippen LogP contribution is 2.33. The molecule has 1 fully saturated rings. The van der Waals surface area contributed by atoms with E-state index in [9.17, 15) is 0 Å². The zero-order valence-corrected chi connectivity index (χ0v) is 9.34. The van der Waals surface area contributed by atoms with Gasteiger partial charge in [0, 0.05) is 6.04 Å². The van der Waals surface area contributed by atoms with E-state index in [1.807, 2.05) is 6.08 Å². The molecule has 3 N–H and O–H groups in total. The van der Waals surface area contributed by atoms with Gasteiger partial charge in [-0.05, 0) is 43.9 Å². The third kappa shape index (κ3) is 3.43. The summed E-state index contributed by atoms with van der Waals surface area (Å²) in [4.78, 5) is 0. The van der Waals surface area contributed by atoms with Crippen LogP contribution < -0.4 is 11.3 Å². The Morgan fingerprint density at radius 2 is 2.36 bits per heavy atom. The fourth-order valence-corrected chi connectivity index (χ4v) is 2.55.